The molecule has 2 saturated carbocycles. The molecule has 2 N–H and O–H groups in total. The Kier molecular flexibility index (Phi) is 2.70. The molecule has 0 radical (unpaired) electrons. The van der Waals surface area contributed by atoms with Crippen LogP contribution in [0.3, 0.4) is 0 Å². The fourth-order valence-corrected chi connectivity index (χ4v) is 7.58. The Labute approximate surface area is 152 Å². The predicted octanol–water partition coefficient (Wildman–Crippen LogP) is 0.943. The zero-order valence-electron chi connectivity index (χ0n) is 15.4. The van der Waals surface area contributed by atoms with Gasteiger partial charge in [-0.05, 0) is 24.3 Å². The average molecular weight is 362 g/mol. The summed E-state index contributed by atoms with van der Waals surface area (Å²) in [6.07, 6.45) is 0.483. The number of carbonyl (C=O) groups excluding carboxylic acids is 1. The fraction of sp³-hybridized carbons (Fsp3) is 0.850. The zero-order valence-corrected chi connectivity index (χ0v) is 15.4. The maximum Gasteiger partial charge on any atom is 0.334 e. The third kappa shape index (κ3) is 1.35. The van der Waals surface area contributed by atoms with Gasteiger partial charge < -0.3 is 24.4 Å². The molecule has 0 aromatic carbocycles. The lowest BCUT2D eigenvalue weighted by Gasteiger charge is -2.71. The summed E-state index contributed by atoms with van der Waals surface area (Å²) < 4.78 is 18.1. The molecule has 3 saturated heterocycles. The predicted molar refractivity (Wildman–Crippen MR) is 89.0 cm³/mol. The van der Waals surface area contributed by atoms with Crippen molar-refractivity contribution in [2.45, 2.75) is 75.7 Å². The van der Waals surface area contributed by atoms with Crippen LogP contribution in [0.4, 0.5) is 0 Å². The second-order valence-electron chi connectivity index (χ2n) is 9.76. The molecular formula is C20H26O6. The van der Waals surface area contributed by atoms with Gasteiger partial charge in [0.2, 0.25) is 0 Å². The van der Waals surface area contributed by atoms with E-state index >= 15 is 0 Å². The van der Waals surface area contributed by atoms with Crippen molar-refractivity contribution in [3.63, 3.8) is 0 Å². The first kappa shape index (κ1) is 16.0. The van der Waals surface area contributed by atoms with Gasteiger partial charge in [0.15, 0.2) is 0 Å². The Hall–Kier alpha value is -0.950. The fourth-order valence-electron chi connectivity index (χ4n) is 7.58. The second kappa shape index (κ2) is 4.37. The molecule has 2 unspecified atom stereocenters. The van der Waals surface area contributed by atoms with E-state index in [-0.39, 0.29) is 41.3 Å². The Morgan fingerprint density at radius 1 is 1.23 bits per heavy atom. The molecule has 0 aromatic rings. The summed E-state index contributed by atoms with van der Waals surface area (Å²) in [4.78, 5) is 12.1. The van der Waals surface area contributed by atoms with Crippen molar-refractivity contribution >= 4 is 5.97 Å². The molecule has 6 heteroatoms. The number of aliphatic hydroxyl groups is 2. The molecule has 9 atom stereocenters. The highest BCUT2D eigenvalue weighted by molar-refractivity contribution is 5.92. The van der Waals surface area contributed by atoms with Gasteiger partial charge in [-0.2, -0.15) is 0 Å². The average Bonchev–Trinajstić information content (AvgIpc) is 3.19. The highest BCUT2D eigenvalue weighted by atomic mass is 16.7. The molecule has 0 aromatic heterocycles. The van der Waals surface area contributed by atoms with Crippen LogP contribution in [0, 0.1) is 23.2 Å². The lowest BCUT2D eigenvalue weighted by atomic mass is 9.41. The minimum absolute atomic E-state index is 0.00650. The maximum atomic E-state index is 12.1. The number of epoxide rings is 1. The van der Waals surface area contributed by atoms with Crippen molar-refractivity contribution in [1.82, 2.24) is 0 Å². The van der Waals surface area contributed by atoms with Crippen LogP contribution in [-0.2, 0) is 19.0 Å². The summed E-state index contributed by atoms with van der Waals surface area (Å²) >= 11 is 0. The second-order valence-corrected chi connectivity index (χ2v) is 9.76. The van der Waals surface area contributed by atoms with E-state index < -0.39 is 23.4 Å². The number of rotatable bonds is 1. The van der Waals surface area contributed by atoms with Crippen LogP contribution in [0.2, 0.25) is 0 Å². The Morgan fingerprint density at radius 3 is 2.65 bits per heavy atom. The van der Waals surface area contributed by atoms with Gasteiger partial charge in [-0.15, -0.1) is 0 Å². The SMILES string of the molecule is CC(C)C1[C@@H](O)[C@@]23CC(O2)[C@H]2C4=C(CC[C@]2(C)[C@@]32O[C@H]2[C@H]1O)C(=O)OC4. The number of hydrogen-bond donors (Lipinski definition) is 2. The number of aliphatic hydroxyl groups excluding tert-OH is 2. The molecule has 5 fully saturated rings. The van der Waals surface area contributed by atoms with E-state index in [1.54, 1.807) is 0 Å². The summed E-state index contributed by atoms with van der Waals surface area (Å²) in [6, 6.07) is 0. The molecular weight excluding hydrogens is 336 g/mol. The molecule has 6 nitrogen and oxygen atoms in total. The van der Waals surface area contributed by atoms with Gasteiger partial charge in [-0.1, -0.05) is 20.8 Å². The zero-order chi connectivity index (χ0) is 18.2. The molecule has 142 valence electrons. The Balaban J connectivity index is 1.49. The van der Waals surface area contributed by atoms with Crippen LogP contribution in [-0.4, -0.2) is 58.4 Å². The normalized spacial score (nSPS) is 59.1. The van der Waals surface area contributed by atoms with Crippen LogP contribution in [0.15, 0.2) is 11.1 Å². The van der Waals surface area contributed by atoms with E-state index in [1.807, 2.05) is 13.8 Å². The first-order valence-electron chi connectivity index (χ1n) is 9.89. The van der Waals surface area contributed by atoms with Crippen molar-refractivity contribution < 1.29 is 29.2 Å². The van der Waals surface area contributed by atoms with Gasteiger partial charge in [0.25, 0.3) is 0 Å². The lowest BCUT2D eigenvalue weighted by Crippen LogP contribution is -2.83. The van der Waals surface area contributed by atoms with Crippen LogP contribution >= 0.6 is 0 Å². The highest BCUT2D eigenvalue weighted by Crippen LogP contribution is 2.78. The van der Waals surface area contributed by atoms with Crippen molar-refractivity contribution in [2.24, 2.45) is 23.2 Å². The van der Waals surface area contributed by atoms with Crippen LogP contribution in [0.25, 0.3) is 0 Å². The maximum absolute atomic E-state index is 12.1. The van der Waals surface area contributed by atoms with Crippen molar-refractivity contribution in [2.75, 3.05) is 6.61 Å². The summed E-state index contributed by atoms with van der Waals surface area (Å²) in [6.45, 7) is 6.63. The topological polar surface area (TPSA) is 88.5 Å². The van der Waals surface area contributed by atoms with E-state index in [4.69, 9.17) is 14.2 Å². The number of esters is 1. The minimum Gasteiger partial charge on any atom is -0.458 e. The Bertz CT molecular complexity index is 751. The molecule has 26 heavy (non-hydrogen) atoms. The summed E-state index contributed by atoms with van der Waals surface area (Å²) in [7, 11) is 0. The molecule has 4 aliphatic heterocycles. The van der Waals surface area contributed by atoms with Gasteiger partial charge >= 0.3 is 5.97 Å². The van der Waals surface area contributed by atoms with Gasteiger partial charge in [0, 0.05) is 29.2 Å². The number of cyclic esters (lactones) is 1. The largest absolute Gasteiger partial charge is 0.458 e. The van der Waals surface area contributed by atoms with E-state index in [2.05, 4.69) is 6.92 Å². The summed E-state index contributed by atoms with van der Waals surface area (Å²) in [5.74, 6) is -0.218. The Morgan fingerprint density at radius 2 is 1.96 bits per heavy atom. The lowest BCUT2D eigenvalue weighted by molar-refractivity contribution is -0.373. The van der Waals surface area contributed by atoms with Gasteiger partial charge in [0.05, 0.1) is 18.3 Å². The molecule has 4 heterocycles. The van der Waals surface area contributed by atoms with Crippen LogP contribution < -0.4 is 0 Å². The molecule has 7 rings (SSSR count). The highest BCUT2D eigenvalue weighted by Gasteiger charge is 2.91. The quantitative estimate of drug-likeness (QED) is 0.533. The first-order chi connectivity index (χ1) is 12.3. The van der Waals surface area contributed by atoms with E-state index in [1.165, 1.54) is 0 Å². The summed E-state index contributed by atoms with van der Waals surface area (Å²) in [5, 5.41) is 22.3. The minimum atomic E-state index is -0.734. The molecule has 2 spiro atoms. The molecule has 0 amide bonds. The standard InChI is InChI=1S/C20H26O6/c1-8(2)12-14(21)16-20(26-16)18(3)5-4-9-10(7-24-17(9)23)13(18)11-6-19(20,25-11)15(12)22/h8,11-16,21-22H,4-7H2,1-3H3/t11?,12?,13-,14+,15-,16+,18+,19-,20-/m1/s1. The molecule has 7 aliphatic rings. The van der Waals surface area contributed by atoms with Crippen LogP contribution in [0.1, 0.15) is 40.0 Å². The van der Waals surface area contributed by atoms with Crippen molar-refractivity contribution in [3.05, 3.63) is 11.1 Å². The van der Waals surface area contributed by atoms with E-state index in [9.17, 15) is 15.0 Å². The van der Waals surface area contributed by atoms with Crippen molar-refractivity contribution in [3.8, 4) is 0 Å². The van der Waals surface area contributed by atoms with Gasteiger partial charge in [0.1, 0.15) is 23.9 Å². The van der Waals surface area contributed by atoms with Gasteiger partial charge in [-0.25, -0.2) is 4.79 Å². The van der Waals surface area contributed by atoms with Crippen LogP contribution in [0.5, 0.6) is 0 Å². The van der Waals surface area contributed by atoms with E-state index in [0.29, 0.717) is 13.0 Å². The number of hydrogen-bond acceptors (Lipinski definition) is 6. The van der Waals surface area contributed by atoms with E-state index in [0.717, 1.165) is 24.0 Å². The summed E-state index contributed by atoms with van der Waals surface area (Å²) in [5.41, 5.74) is 0.258. The monoisotopic (exact) mass is 362 g/mol. The first-order valence-corrected chi connectivity index (χ1v) is 9.89. The third-order valence-electron chi connectivity index (χ3n) is 8.64. The van der Waals surface area contributed by atoms with Crippen molar-refractivity contribution in [1.29, 1.82) is 0 Å². The van der Waals surface area contributed by atoms with Gasteiger partial charge in [-0.3, -0.25) is 0 Å². The smallest absolute Gasteiger partial charge is 0.334 e. The third-order valence-corrected chi connectivity index (χ3v) is 8.64. The number of carbonyl (C=O) groups is 1. The molecule has 2 bridgehead atoms. The molecule has 3 aliphatic carbocycles. The number of ether oxygens (including phenoxy) is 3.